The first-order valence-electron chi connectivity index (χ1n) is 7.33. The van der Waals surface area contributed by atoms with Gasteiger partial charge < -0.3 is 15.5 Å². The molecule has 5 heteroatoms. The minimum Gasteiger partial charge on any atom is -0.356 e. The maximum Gasteiger partial charge on any atom is 0.223 e. The van der Waals surface area contributed by atoms with E-state index in [0.29, 0.717) is 24.4 Å². The van der Waals surface area contributed by atoms with E-state index in [1.807, 2.05) is 0 Å². The fourth-order valence-corrected chi connectivity index (χ4v) is 1.66. The molecule has 0 radical (unpaired) electrons. The molecule has 1 amide bonds. The first-order valence-corrected chi connectivity index (χ1v) is 7.33. The molecule has 1 unspecified atom stereocenters. The summed E-state index contributed by atoms with van der Waals surface area (Å²) in [6, 6.07) is 0.366. The Bertz CT molecular complexity index is 318. The van der Waals surface area contributed by atoms with Gasteiger partial charge in [-0.15, -0.1) is 0 Å². The number of amides is 1. The van der Waals surface area contributed by atoms with Gasteiger partial charge in [0.15, 0.2) is 5.96 Å². The summed E-state index contributed by atoms with van der Waals surface area (Å²) in [4.78, 5) is 17.3. The summed E-state index contributed by atoms with van der Waals surface area (Å²) < 4.78 is 0. The summed E-state index contributed by atoms with van der Waals surface area (Å²) in [7, 11) is 5.29. The zero-order chi connectivity index (χ0) is 15.8. The molecule has 0 spiro atoms. The highest BCUT2D eigenvalue weighted by Crippen LogP contribution is 2.21. The van der Waals surface area contributed by atoms with Crippen molar-refractivity contribution in [2.45, 2.75) is 53.0 Å². The number of nitrogens with one attached hydrogen (secondary N) is 2. The number of hydrogen-bond acceptors (Lipinski definition) is 2. The van der Waals surface area contributed by atoms with Crippen LogP contribution in [0.3, 0.4) is 0 Å². The molecular weight excluding hydrogens is 252 g/mol. The predicted molar refractivity (Wildman–Crippen MR) is 86.0 cm³/mol. The van der Waals surface area contributed by atoms with E-state index in [1.165, 1.54) is 0 Å². The molecule has 0 saturated heterocycles. The number of rotatable bonds is 6. The van der Waals surface area contributed by atoms with Gasteiger partial charge in [0.25, 0.3) is 0 Å². The van der Waals surface area contributed by atoms with E-state index in [0.717, 1.165) is 18.8 Å². The number of guanidine groups is 1. The third-order valence-electron chi connectivity index (χ3n) is 3.06. The van der Waals surface area contributed by atoms with Crippen LogP contribution in [0.25, 0.3) is 0 Å². The van der Waals surface area contributed by atoms with Crippen molar-refractivity contribution in [2.75, 3.05) is 27.7 Å². The second kappa shape index (κ2) is 8.82. The van der Waals surface area contributed by atoms with Gasteiger partial charge in [0.05, 0.1) is 0 Å². The van der Waals surface area contributed by atoms with Gasteiger partial charge in [-0.05, 0) is 25.2 Å². The molecule has 20 heavy (non-hydrogen) atoms. The number of nitrogens with zero attached hydrogens (tertiary/aromatic N) is 2. The smallest absolute Gasteiger partial charge is 0.223 e. The van der Waals surface area contributed by atoms with Crippen LogP contribution in [0.1, 0.15) is 47.0 Å². The molecule has 5 nitrogen and oxygen atoms in total. The average molecular weight is 284 g/mol. The normalized spacial score (nSPS) is 13.8. The van der Waals surface area contributed by atoms with E-state index in [-0.39, 0.29) is 5.91 Å². The molecule has 0 rings (SSSR count). The van der Waals surface area contributed by atoms with Gasteiger partial charge in [0.1, 0.15) is 0 Å². The largest absolute Gasteiger partial charge is 0.356 e. The standard InChI is InChI=1S/C15H32N4O/c1-12(8-10-15(2,3)4)18-14(16-5)17-11-9-13(20)19(6)7/h12H,8-11H2,1-7H3,(H2,16,17,18). The monoisotopic (exact) mass is 284 g/mol. The van der Waals surface area contributed by atoms with Crippen LogP contribution in [-0.2, 0) is 4.79 Å². The van der Waals surface area contributed by atoms with Crippen LogP contribution in [0.15, 0.2) is 4.99 Å². The molecule has 0 aliphatic rings. The molecule has 0 fully saturated rings. The maximum atomic E-state index is 11.5. The van der Waals surface area contributed by atoms with E-state index in [9.17, 15) is 4.79 Å². The molecule has 1 atom stereocenters. The molecule has 2 N–H and O–H groups in total. The van der Waals surface area contributed by atoms with E-state index >= 15 is 0 Å². The Balaban J connectivity index is 4.01. The topological polar surface area (TPSA) is 56.7 Å². The summed E-state index contributed by atoms with van der Waals surface area (Å²) >= 11 is 0. The Kier molecular flexibility index (Phi) is 8.26. The van der Waals surface area contributed by atoms with E-state index in [2.05, 4.69) is 43.3 Å². The third-order valence-corrected chi connectivity index (χ3v) is 3.06. The zero-order valence-electron chi connectivity index (χ0n) is 14.2. The van der Waals surface area contributed by atoms with Crippen LogP contribution in [0, 0.1) is 5.41 Å². The quantitative estimate of drug-likeness (QED) is 0.578. The van der Waals surface area contributed by atoms with Gasteiger partial charge in [-0.1, -0.05) is 20.8 Å². The van der Waals surface area contributed by atoms with Crippen LogP contribution in [0.4, 0.5) is 0 Å². The fraction of sp³-hybridized carbons (Fsp3) is 0.867. The van der Waals surface area contributed by atoms with Crippen molar-refractivity contribution in [1.29, 1.82) is 0 Å². The number of hydrogen-bond donors (Lipinski definition) is 2. The average Bonchev–Trinajstić information content (AvgIpc) is 2.33. The molecule has 118 valence electrons. The molecule has 0 heterocycles. The Morgan fingerprint density at radius 3 is 2.35 bits per heavy atom. The van der Waals surface area contributed by atoms with E-state index in [4.69, 9.17) is 0 Å². The van der Waals surface area contributed by atoms with Crippen molar-refractivity contribution >= 4 is 11.9 Å². The van der Waals surface area contributed by atoms with Crippen LogP contribution in [0.2, 0.25) is 0 Å². The lowest BCUT2D eigenvalue weighted by Gasteiger charge is -2.23. The van der Waals surface area contributed by atoms with Gasteiger partial charge >= 0.3 is 0 Å². The van der Waals surface area contributed by atoms with Crippen molar-refractivity contribution in [3.05, 3.63) is 0 Å². The lowest BCUT2D eigenvalue weighted by molar-refractivity contribution is -0.128. The van der Waals surface area contributed by atoms with Gasteiger partial charge in [-0.2, -0.15) is 0 Å². The number of carbonyl (C=O) groups is 1. The lowest BCUT2D eigenvalue weighted by Crippen LogP contribution is -2.43. The van der Waals surface area contributed by atoms with Crippen molar-refractivity contribution in [3.63, 3.8) is 0 Å². The predicted octanol–water partition coefficient (Wildman–Crippen LogP) is 1.84. The second-order valence-electron chi connectivity index (χ2n) is 6.68. The summed E-state index contributed by atoms with van der Waals surface area (Å²) in [5.74, 6) is 0.881. The van der Waals surface area contributed by atoms with Gasteiger partial charge in [0.2, 0.25) is 5.91 Å². The minimum absolute atomic E-state index is 0.119. The van der Waals surface area contributed by atoms with E-state index in [1.54, 1.807) is 26.0 Å². The molecule has 0 aromatic rings. The Morgan fingerprint density at radius 1 is 1.30 bits per heavy atom. The summed E-state index contributed by atoms with van der Waals surface area (Å²) in [5, 5.41) is 6.53. The molecule has 0 aromatic carbocycles. The summed E-state index contributed by atoms with van der Waals surface area (Å²) in [5.41, 5.74) is 0.352. The van der Waals surface area contributed by atoms with Crippen LogP contribution in [0.5, 0.6) is 0 Å². The van der Waals surface area contributed by atoms with Crippen molar-refractivity contribution < 1.29 is 4.79 Å². The van der Waals surface area contributed by atoms with Crippen LogP contribution >= 0.6 is 0 Å². The zero-order valence-corrected chi connectivity index (χ0v) is 14.2. The van der Waals surface area contributed by atoms with Gasteiger partial charge in [-0.25, -0.2) is 0 Å². The molecule has 0 saturated carbocycles. The van der Waals surface area contributed by atoms with Crippen molar-refractivity contribution in [2.24, 2.45) is 10.4 Å². The maximum absolute atomic E-state index is 11.5. The molecule has 0 aliphatic carbocycles. The molecule has 0 aromatic heterocycles. The number of aliphatic imine (C=N–C) groups is 1. The Morgan fingerprint density at radius 2 is 1.90 bits per heavy atom. The number of carbonyl (C=O) groups excluding carboxylic acids is 1. The van der Waals surface area contributed by atoms with E-state index < -0.39 is 0 Å². The summed E-state index contributed by atoms with van der Waals surface area (Å²) in [6.07, 6.45) is 2.74. The molecular formula is C15H32N4O. The highest BCUT2D eigenvalue weighted by Gasteiger charge is 2.13. The fourth-order valence-electron chi connectivity index (χ4n) is 1.66. The Labute approximate surface area is 124 Å². The minimum atomic E-state index is 0.119. The molecule has 0 bridgehead atoms. The highest BCUT2D eigenvalue weighted by atomic mass is 16.2. The van der Waals surface area contributed by atoms with Gasteiger partial charge in [-0.3, -0.25) is 9.79 Å². The highest BCUT2D eigenvalue weighted by molar-refractivity contribution is 5.81. The molecule has 0 aliphatic heterocycles. The van der Waals surface area contributed by atoms with Crippen LogP contribution < -0.4 is 10.6 Å². The third kappa shape index (κ3) is 9.64. The SMILES string of the molecule is CN=C(NCCC(=O)N(C)C)NC(C)CCC(C)(C)C. The lowest BCUT2D eigenvalue weighted by atomic mass is 9.89. The van der Waals surface area contributed by atoms with Crippen LogP contribution in [-0.4, -0.2) is 50.5 Å². The summed E-state index contributed by atoms with van der Waals surface area (Å²) in [6.45, 7) is 9.51. The van der Waals surface area contributed by atoms with Gasteiger partial charge in [0, 0.05) is 40.2 Å². The Hall–Kier alpha value is -1.26. The first kappa shape index (κ1) is 18.7. The first-order chi connectivity index (χ1) is 9.15. The second-order valence-corrected chi connectivity index (χ2v) is 6.68. The van der Waals surface area contributed by atoms with Crippen molar-refractivity contribution in [3.8, 4) is 0 Å². The van der Waals surface area contributed by atoms with Crippen molar-refractivity contribution in [1.82, 2.24) is 15.5 Å².